The Balaban J connectivity index is 1.83. The molecular formula is C14H21N3. The first-order valence-electron chi connectivity index (χ1n) is 6.43. The van der Waals surface area contributed by atoms with Gasteiger partial charge in [0, 0.05) is 19.6 Å². The van der Waals surface area contributed by atoms with Crippen LogP contribution < -0.4 is 10.6 Å². The summed E-state index contributed by atoms with van der Waals surface area (Å²) in [6, 6.07) is 10.6. The predicted molar refractivity (Wildman–Crippen MR) is 72.4 cm³/mol. The minimum Gasteiger partial charge on any atom is -0.356 e. The van der Waals surface area contributed by atoms with Crippen LogP contribution in [0.25, 0.3) is 0 Å². The number of rotatable bonds is 3. The zero-order valence-electron chi connectivity index (χ0n) is 10.4. The zero-order chi connectivity index (χ0) is 11.9. The highest BCUT2D eigenvalue weighted by molar-refractivity contribution is 5.79. The van der Waals surface area contributed by atoms with E-state index in [0.29, 0.717) is 5.92 Å². The van der Waals surface area contributed by atoms with Crippen LogP contribution in [-0.4, -0.2) is 25.6 Å². The van der Waals surface area contributed by atoms with Gasteiger partial charge in [-0.05, 0) is 24.3 Å². The Labute approximate surface area is 103 Å². The summed E-state index contributed by atoms with van der Waals surface area (Å²) in [4.78, 5) is 4.48. The van der Waals surface area contributed by atoms with Gasteiger partial charge in [-0.2, -0.15) is 0 Å². The molecule has 0 aliphatic carbocycles. The fraction of sp³-hybridized carbons (Fsp3) is 0.500. The number of hydrogen-bond acceptors (Lipinski definition) is 3. The highest BCUT2D eigenvalue weighted by Crippen LogP contribution is 2.12. The van der Waals surface area contributed by atoms with Crippen molar-refractivity contribution >= 4 is 5.96 Å². The van der Waals surface area contributed by atoms with Gasteiger partial charge in [0.25, 0.3) is 0 Å². The van der Waals surface area contributed by atoms with Gasteiger partial charge in [0.05, 0.1) is 0 Å². The van der Waals surface area contributed by atoms with Crippen molar-refractivity contribution in [2.24, 2.45) is 4.99 Å². The Bertz CT molecular complexity index is 359. The fourth-order valence-corrected chi connectivity index (χ4v) is 1.96. The van der Waals surface area contributed by atoms with Gasteiger partial charge in [-0.25, -0.2) is 0 Å². The molecule has 0 fully saturated rings. The summed E-state index contributed by atoms with van der Waals surface area (Å²) in [7, 11) is 0. The molecule has 2 rings (SSSR count). The predicted octanol–water partition coefficient (Wildman–Crippen LogP) is 2.12. The molecule has 0 amide bonds. The lowest BCUT2D eigenvalue weighted by molar-refractivity contribution is 0.698. The average molecular weight is 231 g/mol. The van der Waals surface area contributed by atoms with Crippen molar-refractivity contribution in [3.8, 4) is 0 Å². The van der Waals surface area contributed by atoms with Crippen LogP contribution in [0.15, 0.2) is 35.3 Å². The van der Waals surface area contributed by atoms with E-state index < -0.39 is 0 Å². The molecule has 0 bridgehead atoms. The van der Waals surface area contributed by atoms with Crippen LogP contribution in [0.3, 0.4) is 0 Å². The summed E-state index contributed by atoms with van der Waals surface area (Å²) < 4.78 is 0. The molecule has 3 nitrogen and oxygen atoms in total. The smallest absolute Gasteiger partial charge is 0.191 e. The van der Waals surface area contributed by atoms with Crippen LogP contribution in [0.2, 0.25) is 0 Å². The molecule has 0 saturated carbocycles. The normalized spacial score (nSPS) is 17.6. The zero-order valence-corrected chi connectivity index (χ0v) is 10.4. The highest BCUT2D eigenvalue weighted by Gasteiger charge is 2.07. The van der Waals surface area contributed by atoms with E-state index in [1.165, 1.54) is 18.4 Å². The van der Waals surface area contributed by atoms with Gasteiger partial charge in [-0.15, -0.1) is 0 Å². The first-order valence-corrected chi connectivity index (χ1v) is 6.43. The van der Waals surface area contributed by atoms with Crippen molar-refractivity contribution in [2.75, 3.05) is 19.6 Å². The molecule has 0 spiro atoms. The Kier molecular flexibility index (Phi) is 4.42. The quantitative estimate of drug-likeness (QED) is 0.836. The van der Waals surface area contributed by atoms with Crippen LogP contribution in [0, 0.1) is 0 Å². The van der Waals surface area contributed by atoms with E-state index in [4.69, 9.17) is 0 Å². The Morgan fingerprint density at radius 3 is 2.94 bits per heavy atom. The molecule has 17 heavy (non-hydrogen) atoms. The first kappa shape index (κ1) is 12.0. The van der Waals surface area contributed by atoms with Crippen molar-refractivity contribution in [2.45, 2.75) is 25.7 Å². The van der Waals surface area contributed by atoms with Gasteiger partial charge >= 0.3 is 0 Å². The maximum absolute atomic E-state index is 4.48. The first-order chi connectivity index (χ1) is 8.36. The van der Waals surface area contributed by atoms with E-state index in [1.807, 2.05) is 0 Å². The third kappa shape index (κ3) is 3.77. The van der Waals surface area contributed by atoms with Crippen LogP contribution in [-0.2, 0) is 0 Å². The van der Waals surface area contributed by atoms with Crippen molar-refractivity contribution in [3.05, 3.63) is 35.9 Å². The van der Waals surface area contributed by atoms with E-state index in [0.717, 1.165) is 25.6 Å². The van der Waals surface area contributed by atoms with E-state index in [9.17, 15) is 0 Å². The molecule has 1 aliphatic heterocycles. The number of aliphatic imine (C=N–C) groups is 1. The summed E-state index contributed by atoms with van der Waals surface area (Å²) in [6.07, 6.45) is 2.40. The van der Waals surface area contributed by atoms with Crippen LogP contribution >= 0.6 is 0 Å². The van der Waals surface area contributed by atoms with Crippen molar-refractivity contribution in [3.63, 3.8) is 0 Å². The molecular weight excluding hydrogens is 210 g/mol. The van der Waals surface area contributed by atoms with Gasteiger partial charge in [-0.1, -0.05) is 37.3 Å². The number of nitrogens with zero attached hydrogens (tertiary/aromatic N) is 1. The number of benzene rings is 1. The summed E-state index contributed by atoms with van der Waals surface area (Å²) in [6.45, 7) is 5.13. The standard InChI is InChI=1S/C14H21N3/c1-12(13-7-3-2-4-8-13)11-17-14-15-9-5-6-10-16-14/h2-4,7-8,12H,5-6,9-11H2,1H3,(H2,15,16,17)/t12-/m0/s1. The number of nitrogens with one attached hydrogen (secondary N) is 2. The number of hydrogen-bond donors (Lipinski definition) is 2. The molecule has 1 atom stereocenters. The molecule has 3 heteroatoms. The number of guanidine groups is 1. The van der Waals surface area contributed by atoms with Crippen molar-refractivity contribution in [1.29, 1.82) is 0 Å². The van der Waals surface area contributed by atoms with Gasteiger partial charge in [0.1, 0.15) is 0 Å². The second-order valence-electron chi connectivity index (χ2n) is 4.56. The van der Waals surface area contributed by atoms with E-state index in [-0.39, 0.29) is 0 Å². The molecule has 92 valence electrons. The molecule has 1 heterocycles. The second-order valence-corrected chi connectivity index (χ2v) is 4.56. The Morgan fingerprint density at radius 1 is 1.29 bits per heavy atom. The summed E-state index contributed by atoms with van der Waals surface area (Å²) in [5.41, 5.74) is 1.37. The molecule has 1 aromatic rings. The summed E-state index contributed by atoms with van der Waals surface area (Å²) >= 11 is 0. The fourth-order valence-electron chi connectivity index (χ4n) is 1.96. The third-order valence-corrected chi connectivity index (χ3v) is 3.09. The van der Waals surface area contributed by atoms with E-state index in [1.54, 1.807) is 0 Å². The van der Waals surface area contributed by atoms with Crippen LogP contribution in [0.1, 0.15) is 31.2 Å². The lowest BCUT2D eigenvalue weighted by atomic mass is 10.0. The summed E-state index contributed by atoms with van der Waals surface area (Å²) in [5, 5.41) is 6.73. The molecule has 0 unspecified atom stereocenters. The molecule has 0 radical (unpaired) electrons. The van der Waals surface area contributed by atoms with Gasteiger partial charge in [0.15, 0.2) is 5.96 Å². The minimum absolute atomic E-state index is 0.504. The third-order valence-electron chi connectivity index (χ3n) is 3.09. The SMILES string of the molecule is C[C@@H](CNC1=NCCCCN1)c1ccccc1. The van der Waals surface area contributed by atoms with Crippen LogP contribution in [0.5, 0.6) is 0 Å². The highest BCUT2D eigenvalue weighted by atomic mass is 15.2. The monoisotopic (exact) mass is 231 g/mol. The Hall–Kier alpha value is -1.51. The largest absolute Gasteiger partial charge is 0.356 e. The molecule has 2 N–H and O–H groups in total. The molecule has 1 aromatic carbocycles. The topological polar surface area (TPSA) is 36.4 Å². The second kappa shape index (κ2) is 6.28. The van der Waals surface area contributed by atoms with E-state index >= 15 is 0 Å². The average Bonchev–Trinajstić information content (AvgIpc) is 2.65. The summed E-state index contributed by atoms with van der Waals surface area (Å²) in [5.74, 6) is 1.47. The maximum Gasteiger partial charge on any atom is 0.191 e. The van der Waals surface area contributed by atoms with Crippen molar-refractivity contribution < 1.29 is 0 Å². The van der Waals surface area contributed by atoms with Gasteiger partial charge in [-0.3, -0.25) is 4.99 Å². The van der Waals surface area contributed by atoms with Gasteiger partial charge < -0.3 is 10.6 Å². The lowest BCUT2D eigenvalue weighted by Gasteiger charge is -2.15. The van der Waals surface area contributed by atoms with E-state index in [2.05, 4.69) is 52.9 Å². The Morgan fingerprint density at radius 2 is 2.12 bits per heavy atom. The van der Waals surface area contributed by atoms with Crippen LogP contribution in [0.4, 0.5) is 0 Å². The lowest BCUT2D eigenvalue weighted by Crippen LogP contribution is -2.38. The maximum atomic E-state index is 4.48. The molecule has 1 aliphatic rings. The molecule has 0 saturated heterocycles. The van der Waals surface area contributed by atoms with Crippen molar-refractivity contribution in [1.82, 2.24) is 10.6 Å². The minimum atomic E-state index is 0.504. The van der Waals surface area contributed by atoms with Gasteiger partial charge in [0.2, 0.25) is 0 Å². The molecule has 0 aromatic heterocycles.